The Morgan fingerprint density at radius 2 is 1.81 bits per heavy atom. The zero-order valence-corrected chi connectivity index (χ0v) is 16.1. The molecule has 1 fully saturated rings. The number of carbonyl (C=O) groups is 1. The fourth-order valence-corrected chi connectivity index (χ4v) is 3.52. The molecule has 0 spiro atoms. The first-order chi connectivity index (χ1) is 12.5. The molecule has 3 rings (SSSR count). The van der Waals surface area contributed by atoms with Gasteiger partial charge >= 0.3 is 11.7 Å². The van der Waals surface area contributed by atoms with E-state index in [1.54, 1.807) is 0 Å². The summed E-state index contributed by atoms with van der Waals surface area (Å²) in [5.74, 6) is -1.08. The van der Waals surface area contributed by atoms with Gasteiger partial charge in [0.25, 0.3) is 0 Å². The molecule has 1 N–H and O–H groups in total. The van der Waals surface area contributed by atoms with Crippen molar-refractivity contribution in [1.29, 1.82) is 0 Å². The average Bonchev–Trinajstić information content (AvgIpc) is 2.90. The van der Waals surface area contributed by atoms with Gasteiger partial charge in [0.2, 0.25) is 4.73 Å². The highest BCUT2D eigenvalue weighted by Crippen LogP contribution is 2.13. The molecule has 1 aromatic heterocycles. The van der Waals surface area contributed by atoms with Gasteiger partial charge in [-0.05, 0) is 34.0 Å². The smallest absolute Gasteiger partial charge is 0.347 e. The van der Waals surface area contributed by atoms with Crippen LogP contribution in [-0.4, -0.2) is 56.6 Å². The molecule has 26 heavy (non-hydrogen) atoms. The number of carboxylic acid groups (broad SMARTS) is 1. The first kappa shape index (κ1) is 18.8. The zero-order valence-electron chi connectivity index (χ0n) is 14.5. The summed E-state index contributed by atoms with van der Waals surface area (Å²) in [6.07, 6.45) is 0. The predicted octanol–water partition coefficient (Wildman–Crippen LogP) is 1.33. The van der Waals surface area contributed by atoms with Crippen molar-refractivity contribution in [1.82, 2.24) is 19.2 Å². The molecule has 0 radical (unpaired) electrons. The number of aliphatic carboxylic acids is 1. The fourth-order valence-electron chi connectivity index (χ4n) is 2.87. The lowest BCUT2D eigenvalue weighted by atomic mass is 10.1. The molecule has 0 amide bonds. The molecule has 9 heteroatoms. The number of aromatic nitrogens is 3. The zero-order chi connectivity index (χ0) is 18.7. The van der Waals surface area contributed by atoms with E-state index in [4.69, 9.17) is 9.84 Å². The molecule has 2 aromatic rings. The van der Waals surface area contributed by atoms with Gasteiger partial charge in [-0.3, -0.25) is 9.47 Å². The highest BCUT2D eigenvalue weighted by Gasteiger charge is 2.21. The minimum atomic E-state index is -1.08. The lowest BCUT2D eigenvalue weighted by Crippen LogP contribution is -2.35. The topological polar surface area (TPSA) is 89.6 Å². The average molecular weight is 425 g/mol. The Bertz CT molecular complexity index is 824. The Labute approximate surface area is 159 Å². The SMILES string of the molecule is C[C@@H](C(=O)O)n1c(Br)nn(Cc2ccc(CN3CCOCC3)cc2)c1=O. The minimum absolute atomic E-state index is 0.210. The normalized spacial score (nSPS) is 16.5. The second-order valence-electron chi connectivity index (χ2n) is 6.30. The number of rotatable bonds is 6. The maximum Gasteiger partial charge on any atom is 0.347 e. The van der Waals surface area contributed by atoms with Gasteiger partial charge in [-0.2, -0.15) is 0 Å². The lowest BCUT2D eigenvalue weighted by Gasteiger charge is -2.26. The monoisotopic (exact) mass is 424 g/mol. The molecule has 0 unspecified atom stereocenters. The van der Waals surface area contributed by atoms with E-state index in [1.807, 2.05) is 24.3 Å². The lowest BCUT2D eigenvalue weighted by molar-refractivity contribution is -0.140. The van der Waals surface area contributed by atoms with E-state index in [-0.39, 0.29) is 11.3 Å². The molecule has 1 atom stereocenters. The molecular formula is C17H21BrN4O4. The van der Waals surface area contributed by atoms with E-state index < -0.39 is 17.7 Å². The molecule has 0 bridgehead atoms. The Balaban J connectivity index is 1.70. The summed E-state index contributed by atoms with van der Waals surface area (Å²) in [4.78, 5) is 25.9. The van der Waals surface area contributed by atoms with Crippen LogP contribution in [0, 0.1) is 0 Å². The van der Waals surface area contributed by atoms with Crippen LogP contribution in [-0.2, 0) is 22.6 Å². The van der Waals surface area contributed by atoms with Crippen molar-refractivity contribution >= 4 is 21.9 Å². The van der Waals surface area contributed by atoms with Crippen LogP contribution in [0.4, 0.5) is 0 Å². The van der Waals surface area contributed by atoms with Gasteiger partial charge in [0, 0.05) is 19.6 Å². The Kier molecular flexibility index (Phi) is 5.90. The Morgan fingerprint density at radius 3 is 2.38 bits per heavy atom. The van der Waals surface area contributed by atoms with Crippen molar-refractivity contribution in [2.45, 2.75) is 26.1 Å². The third kappa shape index (κ3) is 4.22. The Morgan fingerprint density at radius 1 is 1.23 bits per heavy atom. The standard InChI is InChI=1S/C17H21BrN4O4/c1-12(15(23)24)22-16(18)19-21(17(22)25)11-14-4-2-13(3-5-14)10-20-6-8-26-9-7-20/h2-5,12H,6-11H2,1H3,(H,23,24)/t12-/m0/s1. The van der Waals surface area contributed by atoms with Crippen LogP contribution in [0.2, 0.25) is 0 Å². The summed E-state index contributed by atoms with van der Waals surface area (Å²) in [6.45, 7) is 6.02. The van der Waals surface area contributed by atoms with Gasteiger partial charge in [0.15, 0.2) is 0 Å². The van der Waals surface area contributed by atoms with Crippen molar-refractivity contribution in [3.05, 3.63) is 50.6 Å². The van der Waals surface area contributed by atoms with E-state index >= 15 is 0 Å². The van der Waals surface area contributed by atoms with E-state index in [0.29, 0.717) is 0 Å². The van der Waals surface area contributed by atoms with E-state index in [2.05, 4.69) is 25.9 Å². The number of hydrogen-bond acceptors (Lipinski definition) is 5. The summed E-state index contributed by atoms with van der Waals surface area (Å²) < 4.78 is 7.95. The molecule has 1 saturated heterocycles. The largest absolute Gasteiger partial charge is 0.480 e. The van der Waals surface area contributed by atoms with E-state index in [1.165, 1.54) is 17.2 Å². The van der Waals surface area contributed by atoms with Crippen molar-refractivity contribution in [3.63, 3.8) is 0 Å². The van der Waals surface area contributed by atoms with E-state index in [9.17, 15) is 9.59 Å². The van der Waals surface area contributed by atoms with Crippen LogP contribution < -0.4 is 5.69 Å². The van der Waals surface area contributed by atoms with Crippen molar-refractivity contribution in [3.8, 4) is 0 Å². The number of carboxylic acids is 1. The summed E-state index contributed by atoms with van der Waals surface area (Å²) in [5, 5.41) is 13.2. The molecule has 140 valence electrons. The van der Waals surface area contributed by atoms with E-state index in [0.717, 1.165) is 43.0 Å². The molecule has 0 saturated carbocycles. The van der Waals surface area contributed by atoms with Gasteiger partial charge in [0.05, 0.1) is 19.8 Å². The summed E-state index contributed by atoms with van der Waals surface area (Å²) in [7, 11) is 0. The van der Waals surface area contributed by atoms with Gasteiger partial charge < -0.3 is 9.84 Å². The van der Waals surface area contributed by atoms with Gasteiger partial charge in [-0.1, -0.05) is 24.3 Å². The predicted molar refractivity (Wildman–Crippen MR) is 98.2 cm³/mol. The van der Waals surface area contributed by atoms with Crippen molar-refractivity contribution in [2.75, 3.05) is 26.3 Å². The number of halogens is 1. The van der Waals surface area contributed by atoms with Gasteiger partial charge in [-0.25, -0.2) is 14.3 Å². The van der Waals surface area contributed by atoms with Crippen LogP contribution in [0.5, 0.6) is 0 Å². The summed E-state index contributed by atoms with van der Waals surface area (Å²) in [6, 6.07) is 7.04. The third-order valence-corrected chi connectivity index (χ3v) is 4.98. The second-order valence-corrected chi connectivity index (χ2v) is 7.01. The molecule has 1 aromatic carbocycles. The van der Waals surface area contributed by atoms with Crippen LogP contribution in [0.25, 0.3) is 0 Å². The fraction of sp³-hybridized carbons (Fsp3) is 0.471. The molecule has 0 aliphatic carbocycles. The minimum Gasteiger partial charge on any atom is -0.480 e. The number of benzene rings is 1. The summed E-state index contributed by atoms with van der Waals surface area (Å²) >= 11 is 3.17. The second kappa shape index (κ2) is 8.15. The number of ether oxygens (including phenoxy) is 1. The third-order valence-electron chi connectivity index (χ3n) is 4.44. The van der Waals surface area contributed by atoms with Crippen LogP contribution in [0.1, 0.15) is 24.1 Å². The number of nitrogens with zero attached hydrogens (tertiary/aromatic N) is 4. The van der Waals surface area contributed by atoms with Crippen LogP contribution in [0.3, 0.4) is 0 Å². The maximum atomic E-state index is 12.4. The maximum absolute atomic E-state index is 12.4. The quantitative estimate of drug-likeness (QED) is 0.752. The Hall–Kier alpha value is -1.97. The van der Waals surface area contributed by atoms with Crippen LogP contribution >= 0.6 is 15.9 Å². The first-order valence-electron chi connectivity index (χ1n) is 8.41. The summed E-state index contributed by atoms with van der Waals surface area (Å²) in [5.41, 5.74) is 1.68. The molecule has 8 nitrogen and oxygen atoms in total. The van der Waals surface area contributed by atoms with Crippen molar-refractivity contribution in [2.24, 2.45) is 0 Å². The van der Waals surface area contributed by atoms with Crippen LogP contribution in [0.15, 0.2) is 33.8 Å². The molecule has 1 aliphatic rings. The van der Waals surface area contributed by atoms with Gasteiger partial charge in [0.1, 0.15) is 6.04 Å². The highest BCUT2D eigenvalue weighted by atomic mass is 79.9. The highest BCUT2D eigenvalue weighted by molar-refractivity contribution is 9.10. The molecule has 2 heterocycles. The molecular weight excluding hydrogens is 404 g/mol. The number of morpholine rings is 1. The first-order valence-corrected chi connectivity index (χ1v) is 9.20. The molecule has 1 aliphatic heterocycles. The van der Waals surface area contributed by atoms with Gasteiger partial charge in [-0.15, -0.1) is 5.10 Å². The number of hydrogen-bond donors (Lipinski definition) is 1. The van der Waals surface area contributed by atoms with Crippen molar-refractivity contribution < 1.29 is 14.6 Å².